The summed E-state index contributed by atoms with van der Waals surface area (Å²) in [7, 11) is 0. The van der Waals surface area contributed by atoms with E-state index in [1.807, 2.05) is 61.7 Å². The van der Waals surface area contributed by atoms with Crippen LogP contribution in [0.3, 0.4) is 0 Å². The van der Waals surface area contributed by atoms with E-state index in [1.165, 1.54) is 11.3 Å². The summed E-state index contributed by atoms with van der Waals surface area (Å²) >= 11 is 1.34. The summed E-state index contributed by atoms with van der Waals surface area (Å²) in [6.07, 6.45) is -0.853. The number of amides is 1. The molecule has 0 aliphatic rings. The lowest BCUT2D eigenvalue weighted by Crippen LogP contribution is -2.46. The lowest BCUT2D eigenvalue weighted by Gasteiger charge is -2.21. The quantitative estimate of drug-likeness (QED) is 0.503. The van der Waals surface area contributed by atoms with E-state index in [4.69, 9.17) is 0 Å². The van der Waals surface area contributed by atoms with Crippen molar-refractivity contribution in [2.24, 2.45) is 0 Å². The Morgan fingerprint density at radius 2 is 1.73 bits per heavy atom. The number of rotatable bonds is 6. The molecule has 132 valence electrons. The van der Waals surface area contributed by atoms with Crippen LogP contribution in [0.15, 0.2) is 66.0 Å². The average Bonchev–Trinajstić information content (AvgIpc) is 3.18. The molecule has 0 aliphatic carbocycles. The summed E-state index contributed by atoms with van der Waals surface area (Å²) in [5, 5.41) is 7.84. The minimum Gasteiger partial charge on any atom is -0.359 e. The highest BCUT2D eigenvalue weighted by Crippen LogP contribution is 2.18. The van der Waals surface area contributed by atoms with E-state index in [0.29, 0.717) is 10.4 Å². The summed E-state index contributed by atoms with van der Waals surface area (Å²) in [6, 6.07) is 18.4. The molecule has 0 fully saturated rings. The average molecular weight is 364 g/mol. The van der Waals surface area contributed by atoms with Crippen molar-refractivity contribution in [1.29, 1.82) is 0 Å². The highest BCUT2D eigenvalue weighted by atomic mass is 32.1. The summed E-state index contributed by atoms with van der Waals surface area (Å²) in [5.41, 5.74) is 3.51. The van der Waals surface area contributed by atoms with Crippen molar-refractivity contribution in [1.82, 2.24) is 5.32 Å². The summed E-state index contributed by atoms with van der Waals surface area (Å²) in [4.78, 5) is 26.0. The number of benzene rings is 2. The van der Waals surface area contributed by atoms with Crippen molar-refractivity contribution in [3.05, 3.63) is 87.6 Å². The molecule has 3 rings (SSSR count). The van der Waals surface area contributed by atoms with Crippen LogP contribution in [-0.4, -0.2) is 17.9 Å². The molecule has 1 heterocycles. The summed E-state index contributed by atoms with van der Waals surface area (Å²) < 4.78 is 0. The van der Waals surface area contributed by atoms with E-state index in [2.05, 4.69) is 10.6 Å². The van der Waals surface area contributed by atoms with Gasteiger partial charge in [0.1, 0.15) is 0 Å². The second-order valence-corrected chi connectivity index (χ2v) is 7.02. The molecule has 0 radical (unpaired) electrons. The number of ketones is 1. The van der Waals surface area contributed by atoms with E-state index >= 15 is 0 Å². The van der Waals surface area contributed by atoms with E-state index in [-0.39, 0.29) is 11.7 Å². The number of aryl methyl sites for hydroxylation is 2. The van der Waals surface area contributed by atoms with Gasteiger partial charge in [-0.15, -0.1) is 11.3 Å². The van der Waals surface area contributed by atoms with Gasteiger partial charge < -0.3 is 10.6 Å². The molecule has 26 heavy (non-hydrogen) atoms. The molecule has 0 saturated heterocycles. The van der Waals surface area contributed by atoms with E-state index in [1.54, 1.807) is 18.2 Å². The van der Waals surface area contributed by atoms with E-state index in [0.717, 1.165) is 16.8 Å². The van der Waals surface area contributed by atoms with Gasteiger partial charge in [-0.1, -0.05) is 54.1 Å². The maximum Gasteiger partial charge on any atom is 0.263 e. The van der Waals surface area contributed by atoms with E-state index in [9.17, 15) is 9.59 Å². The van der Waals surface area contributed by atoms with Crippen molar-refractivity contribution < 1.29 is 9.59 Å². The van der Waals surface area contributed by atoms with Crippen molar-refractivity contribution in [3.8, 4) is 0 Å². The Bertz CT molecular complexity index is 905. The van der Waals surface area contributed by atoms with Gasteiger partial charge in [-0.05, 0) is 36.9 Å². The molecule has 4 nitrogen and oxygen atoms in total. The van der Waals surface area contributed by atoms with Crippen LogP contribution in [-0.2, 0) is 0 Å². The first-order chi connectivity index (χ1) is 12.5. The fraction of sp³-hybridized carbons (Fsp3) is 0.143. The molecular formula is C21H20N2O2S. The molecule has 3 aromatic rings. The second kappa shape index (κ2) is 7.97. The Morgan fingerprint density at radius 1 is 0.962 bits per heavy atom. The Kier molecular flexibility index (Phi) is 5.49. The first kappa shape index (κ1) is 17.9. The van der Waals surface area contributed by atoms with Gasteiger partial charge >= 0.3 is 0 Å². The van der Waals surface area contributed by atoms with Gasteiger partial charge in [0.15, 0.2) is 6.17 Å². The lowest BCUT2D eigenvalue weighted by atomic mass is 10.1. The monoisotopic (exact) mass is 364 g/mol. The third-order valence-electron chi connectivity index (χ3n) is 4.02. The van der Waals surface area contributed by atoms with Crippen molar-refractivity contribution in [2.75, 3.05) is 5.32 Å². The Morgan fingerprint density at radius 3 is 2.38 bits per heavy atom. The molecule has 2 aromatic carbocycles. The minimum absolute atomic E-state index is 0.185. The van der Waals surface area contributed by atoms with E-state index < -0.39 is 6.17 Å². The number of Topliss-reactive ketones (excluding diaryl/α,β-unsaturated/α-hetero) is 1. The molecule has 0 unspecified atom stereocenters. The molecule has 1 aromatic heterocycles. The maximum absolute atomic E-state index is 13.0. The first-order valence-electron chi connectivity index (χ1n) is 8.32. The smallest absolute Gasteiger partial charge is 0.263 e. The third-order valence-corrected chi connectivity index (χ3v) is 4.89. The van der Waals surface area contributed by atoms with Crippen LogP contribution in [0.25, 0.3) is 0 Å². The minimum atomic E-state index is -0.853. The molecule has 0 bridgehead atoms. The highest BCUT2D eigenvalue weighted by Gasteiger charge is 2.23. The van der Waals surface area contributed by atoms with Crippen LogP contribution >= 0.6 is 11.3 Å². The van der Waals surface area contributed by atoms with Gasteiger partial charge in [0.05, 0.1) is 4.88 Å². The SMILES string of the molecule is Cc1ccc(N[C@H](NC(=O)c2cccs2)C(=O)c2ccccc2)c(C)c1. The molecule has 2 N–H and O–H groups in total. The van der Waals surface area contributed by atoms with Crippen LogP contribution in [0.4, 0.5) is 5.69 Å². The van der Waals surface area contributed by atoms with Crippen molar-refractivity contribution in [3.63, 3.8) is 0 Å². The van der Waals surface area contributed by atoms with Gasteiger partial charge in [-0.25, -0.2) is 0 Å². The summed E-state index contributed by atoms with van der Waals surface area (Å²) in [6.45, 7) is 3.99. The van der Waals surface area contributed by atoms with Gasteiger partial charge in [-0.3, -0.25) is 9.59 Å². The number of hydrogen-bond donors (Lipinski definition) is 2. The van der Waals surface area contributed by atoms with Crippen molar-refractivity contribution >= 4 is 28.7 Å². The zero-order chi connectivity index (χ0) is 18.5. The number of anilines is 1. The number of carbonyl (C=O) groups excluding carboxylic acids is 2. The number of hydrogen-bond acceptors (Lipinski definition) is 4. The van der Waals surface area contributed by atoms with Crippen LogP contribution in [0.2, 0.25) is 0 Å². The molecular weight excluding hydrogens is 344 g/mol. The van der Waals surface area contributed by atoms with Gasteiger partial charge in [-0.2, -0.15) is 0 Å². The van der Waals surface area contributed by atoms with Crippen molar-refractivity contribution in [2.45, 2.75) is 20.0 Å². The molecule has 5 heteroatoms. The highest BCUT2D eigenvalue weighted by molar-refractivity contribution is 7.12. The first-order valence-corrected chi connectivity index (χ1v) is 9.20. The Hall–Kier alpha value is -2.92. The van der Waals surface area contributed by atoms with Crippen LogP contribution in [0.1, 0.15) is 31.2 Å². The number of thiophene rings is 1. The van der Waals surface area contributed by atoms with Crippen LogP contribution < -0.4 is 10.6 Å². The molecule has 0 aliphatic heterocycles. The standard InChI is InChI=1S/C21H20N2O2S/c1-14-10-11-17(15(2)13-14)22-20(19(24)16-7-4-3-5-8-16)23-21(25)18-9-6-12-26-18/h3-13,20,22H,1-2H3,(H,23,25)/t20-/m1/s1. The van der Waals surface area contributed by atoms with Gasteiger partial charge in [0.2, 0.25) is 5.78 Å². The molecule has 1 amide bonds. The largest absolute Gasteiger partial charge is 0.359 e. The molecule has 0 saturated carbocycles. The fourth-order valence-corrected chi connectivity index (χ4v) is 3.30. The third kappa shape index (κ3) is 4.18. The predicted molar refractivity (Wildman–Crippen MR) is 106 cm³/mol. The Balaban J connectivity index is 1.87. The fourth-order valence-electron chi connectivity index (χ4n) is 2.68. The zero-order valence-corrected chi connectivity index (χ0v) is 15.5. The Labute approximate surface area is 156 Å². The number of nitrogens with one attached hydrogen (secondary N) is 2. The number of carbonyl (C=O) groups is 2. The zero-order valence-electron chi connectivity index (χ0n) is 14.7. The lowest BCUT2D eigenvalue weighted by molar-refractivity contribution is 0.0872. The predicted octanol–water partition coefficient (Wildman–Crippen LogP) is 4.42. The molecule has 1 atom stereocenters. The topological polar surface area (TPSA) is 58.2 Å². The maximum atomic E-state index is 13.0. The van der Waals surface area contributed by atoms with Crippen LogP contribution in [0, 0.1) is 13.8 Å². The summed E-state index contributed by atoms with van der Waals surface area (Å²) in [5.74, 6) is -0.456. The van der Waals surface area contributed by atoms with Crippen LogP contribution in [0.5, 0.6) is 0 Å². The van der Waals surface area contributed by atoms with Gasteiger partial charge in [0.25, 0.3) is 5.91 Å². The van der Waals surface area contributed by atoms with Gasteiger partial charge in [0, 0.05) is 11.3 Å². The second-order valence-electron chi connectivity index (χ2n) is 6.08. The molecule has 0 spiro atoms. The normalized spacial score (nSPS) is 11.6.